The van der Waals surface area contributed by atoms with Crippen molar-refractivity contribution in [2.45, 2.75) is 19.5 Å². The Kier molecular flexibility index (Phi) is 3.37. The molecule has 0 saturated heterocycles. The Morgan fingerprint density at radius 1 is 1.31 bits per heavy atom. The molecule has 0 aliphatic rings. The van der Waals surface area contributed by atoms with Crippen LogP contribution in [0, 0.1) is 0 Å². The zero-order valence-electron chi connectivity index (χ0n) is 9.72. The molecule has 1 aromatic carbocycles. The molecule has 1 heterocycles. The van der Waals surface area contributed by atoms with E-state index < -0.39 is 0 Å². The Morgan fingerprint density at radius 2 is 2.06 bits per heavy atom. The zero-order chi connectivity index (χ0) is 11.4. The van der Waals surface area contributed by atoms with Crippen LogP contribution in [0.25, 0.3) is 0 Å². The molecule has 0 saturated carbocycles. The highest BCUT2D eigenvalue weighted by Crippen LogP contribution is 2.11. The summed E-state index contributed by atoms with van der Waals surface area (Å²) >= 11 is 0. The van der Waals surface area contributed by atoms with Gasteiger partial charge in [-0.15, -0.1) is 0 Å². The van der Waals surface area contributed by atoms with Gasteiger partial charge in [0.15, 0.2) is 0 Å². The fourth-order valence-corrected chi connectivity index (χ4v) is 1.65. The van der Waals surface area contributed by atoms with Gasteiger partial charge in [0.1, 0.15) is 0 Å². The molecule has 84 valence electrons. The van der Waals surface area contributed by atoms with Gasteiger partial charge in [-0.2, -0.15) is 5.10 Å². The normalized spacial score (nSPS) is 12.6. The molecule has 1 unspecified atom stereocenters. The van der Waals surface area contributed by atoms with Crippen molar-refractivity contribution in [2.75, 3.05) is 0 Å². The predicted molar refractivity (Wildman–Crippen MR) is 64.9 cm³/mol. The van der Waals surface area contributed by atoms with Crippen LogP contribution in [-0.4, -0.2) is 9.78 Å². The standard InChI is InChI=1S/C13H17N3/c1-11(13-9-15-16(2)10-13)14-8-12-6-4-3-5-7-12/h3-7,9-11,14H,8H2,1-2H3. The van der Waals surface area contributed by atoms with Crippen molar-refractivity contribution in [3.8, 4) is 0 Å². The van der Waals surface area contributed by atoms with Gasteiger partial charge in [-0.25, -0.2) is 0 Å². The summed E-state index contributed by atoms with van der Waals surface area (Å²) in [6.07, 6.45) is 3.95. The van der Waals surface area contributed by atoms with Crippen molar-refractivity contribution < 1.29 is 0 Å². The summed E-state index contributed by atoms with van der Waals surface area (Å²) in [5.74, 6) is 0. The van der Waals surface area contributed by atoms with Gasteiger partial charge >= 0.3 is 0 Å². The summed E-state index contributed by atoms with van der Waals surface area (Å²) in [6.45, 7) is 3.04. The zero-order valence-corrected chi connectivity index (χ0v) is 9.72. The second kappa shape index (κ2) is 4.94. The number of aryl methyl sites for hydroxylation is 1. The van der Waals surface area contributed by atoms with Gasteiger partial charge < -0.3 is 5.32 Å². The molecular weight excluding hydrogens is 198 g/mol. The largest absolute Gasteiger partial charge is 0.306 e. The molecule has 0 spiro atoms. The summed E-state index contributed by atoms with van der Waals surface area (Å²) in [4.78, 5) is 0. The van der Waals surface area contributed by atoms with Crippen LogP contribution in [-0.2, 0) is 13.6 Å². The van der Waals surface area contributed by atoms with Crippen molar-refractivity contribution in [1.82, 2.24) is 15.1 Å². The number of benzene rings is 1. The molecule has 1 N–H and O–H groups in total. The third-order valence-corrected chi connectivity index (χ3v) is 2.68. The van der Waals surface area contributed by atoms with Crippen LogP contribution in [0.4, 0.5) is 0 Å². The lowest BCUT2D eigenvalue weighted by Crippen LogP contribution is -2.17. The Hall–Kier alpha value is -1.61. The molecule has 3 nitrogen and oxygen atoms in total. The molecule has 3 heteroatoms. The molecule has 0 aliphatic heterocycles. The van der Waals surface area contributed by atoms with Gasteiger partial charge in [-0.3, -0.25) is 4.68 Å². The van der Waals surface area contributed by atoms with E-state index >= 15 is 0 Å². The van der Waals surface area contributed by atoms with Gasteiger partial charge in [0.05, 0.1) is 6.20 Å². The van der Waals surface area contributed by atoms with Crippen LogP contribution in [0.1, 0.15) is 24.1 Å². The monoisotopic (exact) mass is 215 g/mol. The van der Waals surface area contributed by atoms with E-state index in [1.54, 1.807) is 0 Å². The van der Waals surface area contributed by atoms with Crippen LogP contribution < -0.4 is 5.32 Å². The first-order chi connectivity index (χ1) is 7.75. The number of rotatable bonds is 4. The van der Waals surface area contributed by atoms with Crippen molar-refractivity contribution >= 4 is 0 Å². The molecule has 1 atom stereocenters. The predicted octanol–water partition coefficient (Wildman–Crippen LogP) is 2.27. The number of hydrogen-bond donors (Lipinski definition) is 1. The van der Waals surface area contributed by atoms with Gasteiger partial charge in [0, 0.05) is 31.4 Å². The Labute approximate surface area is 96.1 Å². The average molecular weight is 215 g/mol. The van der Waals surface area contributed by atoms with Gasteiger partial charge in [0.2, 0.25) is 0 Å². The van der Waals surface area contributed by atoms with Gasteiger partial charge in [-0.1, -0.05) is 30.3 Å². The summed E-state index contributed by atoms with van der Waals surface area (Å²) < 4.78 is 1.83. The van der Waals surface area contributed by atoms with Crippen LogP contribution >= 0.6 is 0 Å². The maximum atomic E-state index is 4.17. The van der Waals surface area contributed by atoms with Crippen LogP contribution in [0.3, 0.4) is 0 Å². The highest BCUT2D eigenvalue weighted by Gasteiger charge is 2.06. The van der Waals surface area contributed by atoms with Crippen molar-refractivity contribution in [2.24, 2.45) is 7.05 Å². The fourth-order valence-electron chi connectivity index (χ4n) is 1.65. The quantitative estimate of drug-likeness (QED) is 0.848. The summed E-state index contributed by atoms with van der Waals surface area (Å²) in [5, 5.41) is 7.64. The van der Waals surface area contributed by atoms with Crippen LogP contribution in [0.15, 0.2) is 42.7 Å². The average Bonchev–Trinajstić information content (AvgIpc) is 2.74. The second-order valence-electron chi connectivity index (χ2n) is 4.04. The molecule has 1 aromatic heterocycles. The lowest BCUT2D eigenvalue weighted by atomic mass is 10.1. The van der Waals surface area contributed by atoms with Gasteiger partial charge in [0.25, 0.3) is 0 Å². The minimum atomic E-state index is 0.328. The summed E-state index contributed by atoms with van der Waals surface area (Å²) in [5.41, 5.74) is 2.52. The summed E-state index contributed by atoms with van der Waals surface area (Å²) in [7, 11) is 1.94. The van der Waals surface area contributed by atoms with E-state index in [0.717, 1.165) is 6.54 Å². The maximum absolute atomic E-state index is 4.17. The summed E-state index contributed by atoms with van der Waals surface area (Å²) in [6, 6.07) is 10.7. The molecule has 2 rings (SSSR count). The lowest BCUT2D eigenvalue weighted by molar-refractivity contribution is 0.574. The lowest BCUT2D eigenvalue weighted by Gasteiger charge is -2.11. The molecule has 16 heavy (non-hydrogen) atoms. The molecule has 0 radical (unpaired) electrons. The first-order valence-corrected chi connectivity index (χ1v) is 5.51. The SMILES string of the molecule is CC(NCc1ccccc1)c1cnn(C)c1. The smallest absolute Gasteiger partial charge is 0.0537 e. The topological polar surface area (TPSA) is 29.9 Å². The van der Waals surface area contributed by atoms with E-state index in [4.69, 9.17) is 0 Å². The highest BCUT2D eigenvalue weighted by molar-refractivity contribution is 5.15. The van der Waals surface area contributed by atoms with E-state index in [9.17, 15) is 0 Å². The van der Waals surface area contributed by atoms with E-state index in [0.29, 0.717) is 6.04 Å². The molecule has 0 amide bonds. The van der Waals surface area contributed by atoms with Crippen LogP contribution in [0.2, 0.25) is 0 Å². The molecule has 0 bridgehead atoms. The number of nitrogens with zero attached hydrogens (tertiary/aromatic N) is 2. The second-order valence-corrected chi connectivity index (χ2v) is 4.04. The van der Waals surface area contributed by atoms with Gasteiger partial charge in [-0.05, 0) is 12.5 Å². The molecule has 0 fully saturated rings. The minimum Gasteiger partial charge on any atom is -0.306 e. The molecular formula is C13H17N3. The molecule has 2 aromatic rings. The number of aromatic nitrogens is 2. The highest BCUT2D eigenvalue weighted by atomic mass is 15.2. The Balaban J connectivity index is 1.91. The third kappa shape index (κ3) is 2.70. The van der Waals surface area contributed by atoms with E-state index in [-0.39, 0.29) is 0 Å². The van der Waals surface area contributed by atoms with Crippen molar-refractivity contribution in [3.63, 3.8) is 0 Å². The van der Waals surface area contributed by atoms with E-state index in [2.05, 4.69) is 41.6 Å². The Bertz CT molecular complexity index is 433. The third-order valence-electron chi connectivity index (χ3n) is 2.68. The fraction of sp³-hybridized carbons (Fsp3) is 0.308. The first-order valence-electron chi connectivity index (χ1n) is 5.51. The Morgan fingerprint density at radius 3 is 2.69 bits per heavy atom. The van der Waals surface area contributed by atoms with E-state index in [1.165, 1.54) is 11.1 Å². The number of nitrogens with one attached hydrogen (secondary N) is 1. The van der Waals surface area contributed by atoms with Crippen molar-refractivity contribution in [1.29, 1.82) is 0 Å². The molecule has 0 aliphatic carbocycles. The number of hydrogen-bond acceptors (Lipinski definition) is 2. The minimum absolute atomic E-state index is 0.328. The van der Waals surface area contributed by atoms with Crippen molar-refractivity contribution in [3.05, 3.63) is 53.9 Å². The van der Waals surface area contributed by atoms with E-state index in [1.807, 2.05) is 30.2 Å². The maximum Gasteiger partial charge on any atom is 0.0537 e. The van der Waals surface area contributed by atoms with Crippen LogP contribution in [0.5, 0.6) is 0 Å². The first kappa shape index (κ1) is 10.9.